The highest BCUT2D eigenvalue weighted by Gasteiger charge is 2.15. The van der Waals surface area contributed by atoms with Gasteiger partial charge in [-0.1, -0.05) is 72.8 Å². The van der Waals surface area contributed by atoms with Gasteiger partial charge in [-0.3, -0.25) is 4.90 Å². The van der Waals surface area contributed by atoms with Crippen molar-refractivity contribution in [3.63, 3.8) is 0 Å². The van der Waals surface area contributed by atoms with Crippen LogP contribution >= 0.6 is 0 Å². The highest BCUT2D eigenvalue weighted by Crippen LogP contribution is 2.29. The standard InChI is InChI=1S/C24H25NO/c1-2-10-21(11-3-1)23-13-6-7-14-24(23)26-18-8-16-25-17-15-20-9-4-5-12-22(20)19-25/h1-7,9-14H,8,15-19H2. The molecule has 1 aliphatic rings. The Balaban J connectivity index is 1.31. The second kappa shape index (κ2) is 8.20. The molecule has 0 spiro atoms. The average Bonchev–Trinajstić information content (AvgIpc) is 2.72. The maximum absolute atomic E-state index is 6.13. The summed E-state index contributed by atoms with van der Waals surface area (Å²) in [5.41, 5.74) is 5.36. The Bertz CT molecular complexity index is 844. The number of hydrogen-bond donors (Lipinski definition) is 0. The topological polar surface area (TPSA) is 12.5 Å². The molecule has 2 heteroatoms. The second-order valence-electron chi connectivity index (χ2n) is 6.86. The Hall–Kier alpha value is -2.58. The summed E-state index contributed by atoms with van der Waals surface area (Å²) >= 11 is 0. The lowest BCUT2D eigenvalue weighted by Crippen LogP contribution is -2.31. The van der Waals surface area contributed by atoms with Gasteiger partial charge in [0, 0.05) is 25.2 Å². The molecule has 0 fully saturated rings. The first-order chi connectivity index (χ1) is 12.9. The molecule has 0 saturated carbocycles. The molecule has 1 aliphatic heterocycles. The fourth-order valence-corrected chi connectivity index (χ4v) is 3.66. The molecule has 3 aromatic carbocycles. The summed E-state index contributed by atoms with van der Waals surface area (Å²) in [5.74, 6) is 0.975. The van der Waals surface area contributed by atoms with Gasteiger partial charge in [-0.2, -0.15) is 0 Å². The van der Waals surface area contributed by atoms with E-state index in [1.807, 2.05) is 12.1 Å². The van der Waals surface area contributed by atoms with Crippen LogP contribution in [0.1, 0.15) is 17.5 Å². The van der Waals surface area contributed by atoms with Gasteiger partial charge >= 0.3 is 0 Å². The zero-order valence-electron chi connectivity index (χ0n) is 15.1. The molecule has 4 rings (SSSR count). The van der Waals surface area contributed by atoms with Crippen molar-refractivity contribution in [3.8, 4) is 16.9 Å². The van der Waals surface area contributed by atoms with Crippen molar-refractivity contribution in [2.45, 2.75) is 19.4 Å². The summed E-state index contributed by atoms with van der Waals surface area (Å²) in [6, 6.07) is 27.6. The van der Waals surface area contributed by atoms with E-state index in [2.05, 4.69) is 71.6 Å². The Morgan fingerprint density at radius 1 is 0.769 bits per heavy atom. The number of fused-ring (bicyclic) bond motifs is 1. The number of ether oxygens (including phenoxy) is 1. The third-order valence-corrected chi connectivity index (χ3v) is 5.06. The third-order valence-electron chi connectivity index (χ3n) is 5.06. The molecule has 132 valence electrons. The maximum Gasteiger partial charge on any atom is 0.127 e. The minimum Gasteiger partial charge on any atom is -0.493 e. The maximum atomic E-state index is 6.13. The van der Waals surface area contributed by atoms with Crippen LogP contribution in [-0.4, -0.2) is 24.6 Å². The SMILES string of the molecule is c1ccc(-c2ccccc2OCCCN2CCc3ccccc3C2)cc1. The van der Waals surface area contributed by atoms with Crippen molar-refractivity contribution >= 4 is 0 Å². The van der Waals surface area contributed by atoms with E-state index in [1.54, 1.807) is 0 Å². The molecule has 0 amide bonds. The second-order valence-corrected chi connectivity index (χ2v) is 6.86. The zero-order chi connectivity index (χ0) is 17.6. The van der Waals surface area contributed by atoms with Crippen LogP contribution in [0.2, 0.25) is 0 Å². The molecule has 0 bridgehead atoms. The van der Waals surface area contributed by atoms with Gasteiger partial charge in [0.15, 0.2) is 0 Å². The molecule has 0 aromatic heterocycles. The van der Waals surface area contributed by atoms with Gasteiger partial charge < -0.3 is 4.74 Å². The monoisotopic (exact) mass is 343 g/mol. The van der Waals surface area contributed by atoms with E-state index in [0.29, 0.717) is 0 Å². The van der Waals surface area contributed by atoms with E-state index in [0.717, 1.165) is 44.8 Å². The lowest BCUT2D eigenvalue weighted by atomic mass is 10.00. The van der Waals surface area contributed by atoms with Crippen molar-refractivity contribution in [2.24, 2.45) is 0 Å². The molecule has 0 N–H and O–H groups in total. The van der Waals surface area contributed by atoms with Crippen LogP contribution in [0.15, 0.2) is 78.9 Å². The molecule has 0 aliphatic carbocycles. The number of nitrogens with zero attached hydrogens (tertiary/aromatic N) is 1. The van der Waals surface area contributed by atoms with Gasteiger partial charge in [-0.15, -0.1) is 0 Å². The van der Waals surface area contributed by atoms with E-state index in [4.69, 9.17) is 4.74 Å². The van der Waals surface area contributed by atoms with Gasteiger partial charge in [-0.05, 0) is 35.6 Å². The van der Waals surface area contributed by atoms with E-state index in [-0.39, 0.29) is 0 Å². The zero-order valence-corrected chi connectivity index (χ0v) is 15.1. The highest BCUT2D eigenvalue weighted by atomic mass is 16.5. The minimum absolute atomic E-state index is 0.752. The van der Waals surface area contributed by atoms with Crippen LogP contribution in [0, 0.1) is 0 Å². The summed E-state index contributed by atoms with van der Waals surface area (Å²) in [5, 5.41) is 0. The predicted molar refractivity (Wildman–Crippen MR) is 107 cm³/mol. The Kier molecular flexibility index (Phi) is 5.32. The summed E-state index contributed by atoms with van der Waals surface area (Å²) in [4.78, 5) is 2.54. The lowest BCUT2D eigenvalue weighted by molar-refractivity contribution is 0.221. The van der Waals surface area contributed by atoms with Crippen molar-refractivity contribution in [2.75, 3.05) is 19.7 Å². The third kappa shape index (κ3) is 3.97. The number of para-hydroxylation sites is 1. The minimum atomic E-state index is 0.752. The van der Waals surface area contributed by atoms with E-state index >= 15 is 0 Å². The Morgan fingerprint density at radius 3 is 2.38 bits per heavy atom. The summed E-state index contributed by atoms with van der Waals surface area (Å²) in [6.07, 6.45) is 2.21. The smallest absolute Gasteiger partial charge is 0.127 e. The molecular formula is C24H25NO. The van der Waals surface area contributed by atoms with Crippen molar-refractivity contribution in [1.82, 2.24) is 4.90 Å². The number of hydrogen-bond acceptors (Lipinski definition) is 2. The quantitative estimate of drug-likeness (QED) is 0.572. The molecule has 0 atom stereocenters. The summed E-state index contributed by atoms with van der Waals surface area (Å²) in [6.45, 7) is 4.05. The van der Waals surface area contributed by atoms with Crippen LogP contribution in [-0.2, 0) is 13.0 Å². The molecule has 0 unspecified atom stereocenters. The molecular weight excluding hydrogens is 318 g/mol. The van der Waals surface area contributed by atoms with Crippen LogP contribution in [0.5, 0.6) is 5.75 Å². The summed E-state index contributed by atoms with van der Waals surface area (Å²) in [7, 11) is 0. The molecule has 26 heavy (non-hydrogen) atoms. The summed E-state index contributed by atoms with van der Waals surface area (Å²) < 4.78 is 6.13. The van der Waals surface area contributed by atoms with Crippen molar-refractivity contribution < 1.29 is 4.74 Å². The molecule has 2 nitrogen and oxygen atoms in total. The van der Waals surface area contributed by atoms with Gasteiger partial charge in [-0.25, -0.2) is 0 Å². The Labute approximate surface area is 156 Å². The van der Waals surface area contributed by atoms with Crippen LogP contribution < -0.4 is 4.74 Å². The van der Waals surface area contributed by atoms with Gasteiger partial charge in [0.2, 0.25) is 0 Å². The highest BCUT2D eigenvalue weighted by molar-refractivity contribution is 5.70. The first kappa shape index (κ1) is 16.9. The fourth-order valence-electron chi connectivity index (χ4n) is 3.66. The number of rotatable bonds is 6. The van der Waals surface area contributed by atoms with E-state index in [9.17, 15) is 0 Å². The van der Waals surface area contributed by atoms with E-state index < -0.39 is 0 Å². The molecule has 0 radical (unpaired) electrons. The first-order valence-electron chi connectivity index (χ1n) is 9.46. The van der Waals surface area contributed by atoms with Crippen molar-refractivity contribution in [1.29, 1.82) is 0 Å². The van der Waals surface area contributed by atoms with Gasteiger partial charge in [0.05, 0.1) is 6.61 Å². The lowest BCUT2D eigenvalue weighted by Gasteiger charge is -2.28. The normalized spacial score (nSPS) is 14.0. The fraction of sp³-hybridized carbons (Fsp3) is 0.250. The largest absolute Gasteiger partial charge is 0.493 e. The van der Waals surface area contributed by atoms with Gasteiger partial charge in [0.1, 0.15) is 5.75 Å². The van der Waals surface area contributed by atoms with E-state index in [1.165, 1.54) is 22.3 Å². The Morgan fingerprint density at radius 2 is 1.50 bits per heavy atom. The molecule has 1 heterocycles. The average molecular weight is 343 g/mol. The predicted octanol–water partition coefficient (Wildman–Crippen LogP) is 5.18. The van der Waals surface area contributed by atoms with Crippen LogP contribution in [0.4, 0.5) is 0 Å². The molecule has 0 saturated heterocycles. The molecule has 3 aromatic rings. The van der Waals surface area contributed by atoms with Crippen LogP contribution in [0.3, 0.4) is 0 Å². The first-order valence-corrected chi connectivity index (χ1v) is 9.46. The van der Waals surface area contributed by atoms with Crippen LogP contribution in [0.25, 0.3) is 11.1 Å². The van der Waals surface area contributed by atoms with Crippen molar-refractivity contribution in [3.05, 3.63) is 90.0 Å². The van der Waals surface area contributed by atoms with Gasteiger partial charge in [0.25, 0.3) is 0 Å². The number of benzene rings is 3.